The Kier molecular flexibility index (Phi) is 8.92. The summed E-state index contributed by atoms with van der Waals surface area (Å²) in [7, 11) is 2.87. The van der Waals surface area contributed by atoms with Crippen molar-refractivity contribution in [2.24, 2.45) is 10.9 Å². The Morgan fingerprint density at radius 2 is 1.86 bits per heavy atom. The smallest absolute Gasteiger partial charge is 0.336 e. The van der Waals surface area contributed by atoms with Crippen LogP contribution in [-0.2, 0) is 14.3 Å². The van der Waals surface area contributed by atoms with Crippen molar-refractivity contribution < 1.29 is 23.8 Å². The third kappa shape index (κ3) is 6.03. The number of amides is 1. The summed E-state index contributed by atoms with van der Waals surface area (Å²) in [5, 5.41) is 13.4. The Balaban J connectivity index is 1.89. The van der Waals surface area contributed by atoms with Crippen molar-refractivity contribution in [1.82, 2.24) is 0 Å². The SMILES string of the molecule is CCOc1ccccc1[C@@H]1C(C(=O)OC)=C(C)N=C(SCC(=O)Nc2ccc(OC)cc2)C1C#N. The molecule has 1 amide bonds. The fourth-order valence-electron chi connectivity index (χ4n) is 3.84. The highest BCUT2D eigenvalue weighted by molar-refractivity contribution is 8.14. The first-order valence-corrected chi connectivity index (χ1v) is 12.0. The van der Waals surface area contributed by atoms with Gasteiger partial charge in [-0.3, -0.25) is 4.79 Å². The van der Waals surface area contributed by atoms with E-state index >= 15 is 0 Å². The first kappa shape index (κ1) is 25.8. The number of carbonyl (C=O) groups is 2. The predicted octanol–water partition coefficient (Wildman–Crippen LogP) is 4.55. The number of methoxy groups -OCH3 is 2. The normalized spacial score (nSPS) is 17.2. The van der Waals surface area contributed by atoms with Gasteiger partial charge in [-0.1, -0.05) is 30.0 Å². The minimum Gasteiger partial charge on any atom is -0.497 e. The van der Waals surface area contributed by atoms with Crippen LogP contribution in [0.1, 0.15) is 25.3 Å². The van der Waals surface area contributed by atoms with Gasteiger partial charge in [0.1, 0.15) is 17.4 Å². The zero-order chi connectivity index (χ0) is 25.4. The van der Waals surface area contributed by atoms with Crippen LogP contribution in [-0.4, -0.2) is 43.5 Å². The second-order valence-corrected chi connectivity index (χ2v) is 8.56. The molecule has 0 fully saturated rings. The van der Waals surface area contributed by atoms with E-state index in [1.54, 1.807) is 44.4 Å². The number of anilines is 1. The number of nitriles is 1. The molecule has 0 spiro atoms. The van der Waals surface area contributed by atoms with Crippen molar-refractivity contribution in [3.05, 3.63) is 65.4 Å². The van der Waals surface area contributed by atoms with Gasteiger partial charge in [-0.15, -0.1) is 0 Å². The largest absolute Gasteiger partial charge is 0.497 e. The van der Waals surface area contributed by atoms with Gasteiger partial charge in [0, 0.05) is 22.9 Å². The third-order valence-corrected chi connectivity index (χ3v) is 6.45. The molecule has 182 valence electrons. The van der Waals surface area contributed by atoms with Gasteiger partial charge in [0.05, 0.1) is 43.3 Å². The van der Waals surface area contributed by atoms with Gasteiger partial charge in [-0.25, -0.2) is 9.79 Å². The second kappa shape index (κ2) is 12.1. The Bertz CT molecular complexity index is 1180. The molecule has 1 aliphatic rings. The number of nitrogens with one attached hydrogen (secondary N) is 1. The number of nitrogens with zero attached hydrogens (tertiary/aromatic N) is 2. The van der Waals surface area contributed by atoms with Crippen LogP contribution in [0.5, 0.6) is 11.5 Å². The Morgan fingerprint density at radius 3 is 2.49 bits per heavy atom. The average Bonchev–Trinajstić information content (AvgIpc) is 2.87. The fourth-order valence-corrected chi connectivity index (χ4v) is 4.76. The molecule has 8 nitrogen and oxygen atoms in total. The number of aliphatic imine (C=N–C) groups is 1. The van der Waals surface area contributed by atoms with E-state index in [-0.39, 0.29) is 11.7 Å². The van der Waals surface area contributed by atoms with Crippen LogP contribution >= 0.6 is 11.8 Å². The van der Waals surface area contributed by atoms with Gasteiger partial charge in [0.2, 0.25) is 5.91 Å². The predicted molar refractivity (Wildman–Crippen MR) is 136 cm³/mol. The Hall–Kier alpha value is -3.77. The molecule has 1 heterocycles. The summed E-state index contributed by atoms with van der Waals surface area (Å²) in [5.74, 6) is -0.932. The number of rotatable bonds is 8. The van der Waals surface area contributed by atoms with Crippen LogP contribution in [0, 0.1) is 17.2 Å². The molecule has 0 radical (unpaired) electrons. The van der Waals surface area contributed by atoms with E-state index in [2.05, 4.69) is 16.4 Å². The molecule has 35 heavy (non-hydrogen) atoms. The molecular weight excluding hydrogens is 466 g/mol. The summed E-state index contributed by atoms with van der Waals surface area (Å²) in [4.78, 5) is 29.9. The minimum absolute atomic E-state index is 0.0453. The summed E-state index contributed by atoms with van der Waals surface area (Å²) in [6.45, 7) is 4.00. The lowest BCUT2D eigenvalue weighted by Gasteiger charge is -2.30. The van der Waals surface area contributed by atoms with Crippen molar-refractivity contribution in [2.75, 3.05) is 31.9 Å². The maximum Gasteiger partial charge on any atom is 0.336 e. The Labute approximate surface area is 209 Å². The lowest BCUT2D eigenvalue weighted by molar-refractivity contribution is -0.136. The molecule has 0 bridgehead atoms. The minimum atomic E-state index is -0.798. The van der Waals surface area contributed by atoms with E-state index < -0.39 is 17.8 Å². The number of thioether (sulfide) groups is 1. The molecule has 9 heteroatoms. The molecule has 0 saturated carbocycles. The van der Waals surface area contributed by atoms with Crippen LogP contribution in [0.4, 0.5) is 5.69 Å². The lowest BCUT2D eigenvalue weighted by atomic mass is 9.78. The molecule has 3 rings (SSSR count). The highest BCUT2D eigenvalue weighted by atomic mass is 32.2. The summed E-state index contributed by atoms with van der Waals surface area (Å²) < 4.78 is 15.9. The van der Waals surface area contributed by atoms with Crippen molar-refractivity contribution in [2.45, 2.75) is 19.8 Å². The van der Waals surface area contributed by atoms with E-state index in [1.807, 2.05) is 25.1 Å². The van der Waals surface area contributed by atoms with E-state index in [0.29, 0.717) is 45.7 Å². The van der Waals surface area contributed by atoms with Gasteiger partial charge in [-0.2, -0.15) is 5.26 Å². The van der Waals surface area contributed by atoms with Gasteiger partial charge in [0.25, 0.3) is 0 Å². The molecular formula is C26H27N3O5S. The number of carbonyl (C=O) groups excluding carboxylic acids is 2. The van der Waals surface area contributed by atoms with Crippen molar-refractivity contribution >= 4 is 34.4 Å². The monoisotopic (exact) mass is 493 g/mol. The number of para-hydroxylation sites is 1. The summed E-state index contributed by atoms with van der Waals surface area (Å²) >= 11 is 1.17. The van der Waals surface area contributed by atoms with E-state index in [9.17, 15) is 14.9 Å². The highest BCUT2D eigenvalue weighted by Gasteiger charge is 2.40. The van der Waals surface area contributed by atoms with Gasteiger partial charge in [-0.05, 0) is 44.2 Å². The average molecular weight is 494 g/mol. The number of allylic oxidation sites excluding steroid dienone is 1. The molecule has 0 aromatic heterocycles. The van der Waals surface area contributed by atoms with Gasteiger partial charge in [0.15, 0.2) is 0 Å². The number of hydrogen-bond acceptors (Lipinski definition) is 8. The van der Waals surface area contributed by atoms with Crippen molar-refractivity contribution in [3.63, 3.8) is 0 Å². The van der Waals surface area contributed by atoms with Crippen LogP contribution in [0.2, 0.25) is 0 Å². The second-order valence-electron chi connectivity index (χ2n) is 7.56. The summed E-state index contributed by atoms with van der Waals surface area (Å²) in [6, 6.07) is 16.6. The van der Waals surface area contributed by atoms with Crippen LogP contribution in [0.25, 0.3) is 0 Å². The van der Waals surface area contributed by atoms with E-state index in [0.717, 1.165) is 0 Å². The van der Waals surface area contributed by atoms with Crippen LogP contribution in [0.3, 0.4) is 0 Å². The molecule has 1 aliphatic heterocycles. The van der Waals surface area contributed by atoms with Crippen molar-refractivity contribution in [3.8, 4) is 17.6 Å². The zero-order valence-electron chi connectivity index (χ0n) is 20.0. The molecule has 1 N–H and O–H groups in total. The molecule has 2 aromatic rings. The van der Waals surface area contributed by atoms with Crippen LogP contribution < -0.4 is 14.8 Å². The quantitative estimate of drug-likeness (QED) is 0.537. The zero-order valence-corrected chi connectivity index (χ0v) is 20.8. The van der Waals surface area contributed by atoms with Crippen molar-refractivity contribution in [1.29, 1.82) is 5.26 Å². The molecule has 1 unspecified atom stereocenters. The fraction of sp³-hybridized carbons (Fsp3) is 0.308. The molecule has 0 aliphatic carbocycles. The number of ether oxygens (including phenoxy) is 3. The van der Waals surface area contributed by atoms with Gasteiger partial charge < -0.3 is 19.5 Å². The van der Waals surface area contributed by atoms with Gasteiger partial charge >= 0.3 is 5.97 Å². The first-order valence-electron chi connectivity index (χ1n) is 11.0. The topological polar surface area (TPSA) is 110 Å². The first-order chi connectivity index (χ1) is 16.9. The molecule has 2 aromatic carbocycles. The standard InChI is InChI=1S/C26H27N3O5S/c1-5-34-21-9-7-6-8-19(21)24-20(14-27)25(28-16(2)23(24)26(31)33-4)35-15-22(30)29-17-10-12-18(32-3)13-11-17/h6-13,20,24H,5,15H2,1-4H3,(H,29,30)/t20?,24-/m0/s1. The maximum absolute atomic E-state index is 12.7. The van der Waals surface area contributed by atoms with E-state index in [1.165, 1.54) is 18.9 Å². The lowest BCUT2D eigenvalue weighted by Crippen LogP contribution is -2.30. The third-order valence-electron chi connectivity index (χ3n) is 5.40. The maximum atomic E-state index is 12.7. The molecule has 2 atom stereocenters. The van der Waals surface area contributed by atoms with Crippen LogP contribution in [0.15, 0.2) is 64.8 Å². The summed E-state index contributed by atoms with van der Waals surface area (Å²) in [5.41, 5.74) is 2.07. The van der Waals surface area contributed by atoms with E-state index in [4.69, 9.17) is 14.2 Å². The Morgan fingerprint density at radius 1 is 1.14 bits per heavy atom. The molecule has 0 saturated heterocycles. The highest BCUT2D eigenvalue weighted by Crippen LogP contribution is 2.44. The number of esters is 1. The summed E-state index contributed by atoms with van der Waals surface area (Å²) in [6.07, 6.45) is 0. The number of hydrogen-bond donors (Lipinski definition) is 1. The number of benzene rings is 2.